The molecule has 2 heterocycles. The van der Waals surface area contributed by atoms with Crippen LogP contribution in [0.25, 0.3) is 0 Å². The first-order valence-corrected chi connectivity index (χ1v) is 6.66. The summed E-state index contributed by atoms with van der Waals surface area (Å²) in [5.41, 5.74) is 0. The molecular weight excluding hydrogens is 216 g/mol. The highest BCUT2D eigenvalue weighted by atomic mass is 16.5. The zero-order valence-electron chi connectivity index (χ0n) is 11.1. The van der Waals surface area contributed by atoms with E-state index in [1.807, 2.05) is 4.90 Å². The number of hydrogen-bond donors (Lipinski definition) is 1. The zero-order chi connectivity index (χ0) is 12.4. The summed E-state index contributed by atoms with van der Waals surface area (Å²) < 4.78 is 5.28. The second kappa shape index (κ2) is 5.36. The van der Waals surface area contributed by atoms with Gasteiger partial charge in [0.2, 0.25) is 5.91 Å². The van der Waals surface area contributed by atoms with Gasteiger partial charge in [-0.05, 0) is 24.7 Å². The van der Waals surface area contributed by atoms with Crippen molar-refractivity contribution in [3.8, 4) is 0 Å². The summed E-state index contributed by atoms with van der Waals surface area (Å²) in [6, 6.07) is -0.0273. The molecule has 2 rings (SSSR count). The van der Waals surface area contributed by atoms with Crippen LogP contribution >= 0.6 is 0 Å². The molecule has 98 valence electrons. The van der Waals surface area contributed by atoms with Crippen molar-refractivity contribution in [1.29, 1.82) is 0 Å². The summed E-state index contributed by atoms with van der Waals surface area (Å²) in [6.45, 7) is 7.15. The molecule has 2 aliphatic heterocycles. The van der Waals surface area contributed by atoms with E-state index >= 15 is 0 Å². The van der Waals surface area contributed by atoms with Gasteiger partial charge in [-0.2, -0.15) is 0 Å². The Bertz CT molecular complexity index is 283. The monoisotopic (exact) mass is 240 g/mol. The average Bonchev–Trinajstić information content (AvgIpc) is 2.80. The molecule has 0 spiro atoms. The molecule has 0 radical (unpaired) electrons. The molecule has 4 atom stereocenters. The number of nitrogens with one attached hydrogen (secondary N) is 1. The van der Waals surface area contributed by atoms with E-state index in [1.165, 1.54) is 0 Å². The van der Waals surface area contributed by atoms with Gasteiger partial charge in [0.25, 0.3) is 0 Å². The second-order valence-corrected chi connectivity index (χ2v) is 5.58. The van der Waals surface area contributed by atoms with Crippen molar-refractivity contribution in [3.05, 3.63) is 0 Å². The Morgan fingerprint density at radius 3 is 2.71 bits per heavy atom. The number of rotatable bonds is 2. The quantitative estimate of drug-likeness (QED) is 0.778. The first-order valence-electron chi connectivity index (χ1n) is 6.66. The molecule has 0 aromatic carbocycles. The number of amides is 1. The Morgan fingerprint density at radius 1 is 1.35 bits per heavy atom. The highest BCUT2D eigenvalue weighted by Gasteiger charge is 2.34. The summed E-state index contributed by atoms with van der Waals surface area (Å²) in [5.74, 6) is 1.62. The summed E-state index contributed by atoms with van der Waals surface area (Å²) in [5, 5.41) is 3.26. The number of ether oxygens (including phenoxy) is 1. The van der Waals surface area contributed by atoms with Crippen LogP contribution in [0.4, 0.5) is 0 Å². The molecule has 4 heteroatoms. The number of hydrogen-bond acceptors (Lipinski definition) is 3. The highest BCUT2D eigenvalue weighted by molar-refractivity contribution is 5.82. The third-order valence-electron chi connectivity index (χ3n) is 4.37. The van der Waals surface area contributed by atoms with E-state index in [-0.39, 0.29) is 18.1 Å². The van der Waals surface area contributed by atoms with Crippen LogP contribution in [0, 0.1) is 11.8 Å². The maximum atomic E-state index is 12.3. The molecule has 4 unspecified atom stereocenters. The van der Waals surface area contributed by atoms with Gasteiger partial charge in [-0.3, -0.25) is 4.79 Å². The van der Waals surface area contributed by atoms with Crippen molar-refractivity contribution in [2.45, 2.75) is 38.8 Å². The van der Waals surface area contributed by atoms with E-state index in [1.54, 1.807) is 7.11 Å². The maximum absolute atomic E-state index is 12.3. The van der Waals surface area contributed by atoms with Gasteiger partial charge in [0.1, 0.15) is 0 Å². The van der Waals surface area contributed by atoms with Gasteiger partial charge in [-0.15, -0.1) is 0 Å². The Balaban J connectivity index is 1.88. The van der Waals surface area contributed by atoms with Crippen LogP contribution < -0.4 is 5.32 Å². The molecule has 2 fully saturated rings. The standard InChI is InChI=1S/C13H24N2O2/c1-9-4-5-15(8-10(9)2)13(16)12-6-11(17-3)7-14-12/h9-12,14H,4-8H2,1-3H3. The van der Waals surface area contributed by atoms with Crippen molar-refractivity contribution in [2.75, 3.05) is 26.7 Å². The van der Waals surface area contributed by atoms with Crippen molar-refractivity contribution >= 4 is 5.91 Å². The number of methoxy groups -OCH3 is 1. The van der Waals surface area contributed by atoms with E-state index in [4.69, 9.17) is 4.74 Å². The molecule has 1 amide bonds. The second-order valence-electron chi connectivity index (χ2n) is 5.58. The summed E-state index contributed by atoms with van der Waals surface area (Å²) in [4.78, 5) is 14.4. The fraction of sp³-hybridized carbons (Fsp3) is 0.923. The molecule has 17 heavy (non-hydrogen) atoms. The highest BCUT2D eigenvalue weighted by Crippen LogP contribution is 2.24. The van der Waals surface area contributed by atoms with Crippen LogP contribution in [0.1, 0.15) is 26.7 Å². The lowest BCUT2D eigenvalue weighted by Crippen LogP contribution is -2.49. The minimum absolute atomic E-state index is 0.0273. The first-order chi connectivity index (χ1) is 8.11. The van der Waals surface area contributed by atoms with Gasteiger partial charge in [-0.1, -0.05) is 13.8 Å². The summed E-state index contributed by atoms with van der Waals surface area (Å²) in [6.07, 6.45) is 2.15. The van der Waals surface area contributed by atoms with Gasteiger partial charge in [0, 0.05) is 26.7 Å². The van der Waals surface area contributed by atoms with E-state index in [2.05, 4.69) is 19.2 Å². The molecule has 0 saturated carbocycles. The lowest BCUT2D eigenvalue weighted by atomic mass is 9.88. The third-order valence-corrected chi connectivity index (χ3v) is 4.37. The number of piperidine rings is 1. The SMILES string of the molecule is COC1CNC(C(=O)N2CCC(C)C(C)C2)C1. The third kappa shape index (κ3) is 2.80. The lowest BCUT2D eigenvalue weighted by Gasteiger charge is -2.36. The smallest absolute Gasteiger partial charge is 0.239 e. The van der Waals surface area contributed by atoms with Gasteiger partial charge in [0.05, 0.1) is 12.1 Å². The molecule has 1 N–H and O–H groups in total. The minimum Gasteiger partial charge on any atom is -0.380 e. The fourth-order valence-electron chi connectivity index (χ4n) is 2.75. The topological polar surface area (TPSA) is 41.6 Å². The van der Waals surface area contributed by atoms with Crippen molar-refractivity contribution < 1.29 is 9.53 Å². The van der Waals surface area contributed by atoms with Gasteiger partial charge in [0.15, 0.2) is 0 Å². The number of nitrogens with zero attached hydrogens (tertiary/aromatic N) is 1. The molecular formula is C13H24N2O2. The molecule has 0 aromatic heterocycles. The molecule has 2 aliphatic rings. The van der Waals surface area contributed by atoms with Crippen LogP contribution in [-0.4, -0.2) is 49.7 Å². The molecule has 0 aliphatic carbocycles. The Labute approximate surface area is 104 Å². The van der Waals surface area contributed by atoms with Gasteiger partial charge < -0.3 is 15.0 Å². The number of carbonyl (C=O) groups excluding carboxylic acids is 1. The van der Waals surface area contributed by atoms with E-state index in [0.717, 1.165) is 38.4 Å². The van der Waals surface area contributed by atoms with Crippen molar-refractivity contribution in [3.63, 3.8) is 0 Å². The van der Waals surface area contributed by atoms with Gasteiger partial charge >= 0.3 is 0 Å². The van der Waals surface area contributed by atoms with Crippen molar-refractivity contribution in [1.82, 2.24) is 10.2 Å². The van der Waals surface area contributed by atoms with Crippen LogP contribution in [0.5, 0.6) is 0 Å². The van der Waals surface area contributed by atoms with E-state index in [0.29, 0.717) is 5.92 Å². The first kappa shape index (κ1) is 12.8. The zero-order valence-corrected chi connectivity index (χ0v) is 11.1. The summed E-state index contributed by atoms with van der Waals surface area (Å²) in [7, 11) is 1.71. The Hall–Kier alpha value is -0.610. The lowest BCUT2D eigenvalue weighted by molar-refractivity contribution is -0.135. The number of likely N-dealkylation sites (tertiary alicyclic amines) is 1. The van der Waals surface area contributed by atoms with Gasteiger partial charge in [-0.25, -0.2) is 0 Å². The summed E-state index contributed by atoms with van der Waals surface area (Å²) >= 11 is 0. The maximum Gasteiger partial charge on any atom is 0.239 e. The van der Waals surface area contributed by atoms with Crippen LogP contribution in [0.15, 0.2) is 0 Å². The van der Waals surface area contributed by atoms with Crippen LogP contribution in [0.3, 0.4) is 0 Å². The minimum atomic E-state index is -0.0273. The van der Waals surface area contributed by atoms with E-state index in [9.17, 15) is 4.79 Å². The predicted octanol–water partition coefficient (Wildman–Crippen LogP) is 0.868. The van der Waals surface area contributed by atoms with Crippen molar-refractivity contribution in [2.24, 2.45) is 11.8 Å². The fourth-order valence-corrected chi connectivity index (χ4v) is 2.75. The Morgan fingerprint density at radius 2 is 2.12 bits per heavy atom. The largest absolute Gasteiger partial charge is 0.380 e. The molecule has 0 bridgehead atoms. The molecule has 2 saturated heterocycles. The number of carbonyl (C=O) groups is 1. The normalized spacial score (nSPS) is 38.4. The predicted molar refractivity (Wildman–Crippen MR) is 66.7 cm³/mol. The Kier molecular flexibility index (Phi) is 4.05. The van der Waals surface area contributed by atoms with E-state index < -0.39 is 0 Å². The average molecular weight is 240 g/mol. The molecule has 4 nitrogen and oxygen atoms in total. The molecule has 0 aromatic rings. The van der Waals surface area contributed by atoms with Crippen LogP contribution in [-0.2, 0) is 9.53 Å². The van der Waals surface area contributed by atoms with Crippen LogP contribution in [0.2, 0.25) is 0 Å².